The molecule has 0 aromatic heterocycles. The average molecular weight is 156 g/mol. The maximum atomic E-state index is 2.46. The molecular formula is C9H20N2+2. The van der Waals surface area contributed by atoms with Gasteiger partial charge in [-0.3, -0.25) is 0 Å². The first kappa shape index (κ1) is 7.56. The summed E-state index contributed by atoms with van der Waals surface area (Å²) in [7, 11) is 0. The van der Waals surface area contributed by atoms with Gasteiger partial charge in [0.2, 0.25) is 0 Å². The Labute approximate surface area is 69.0 Å². The second kappa shape index (κ2) is 3.55. The van der Waals surface area contributed by atoms with Gasteiger partial charge < -0.3 is 10.2 Å². The summed E-state index contributed by atoms with van der Waals surface area (Å²) >= 11 is 0. The van der Waals surface area contributed by atoms with Crippen LogP contribution in [0.1, 0.15) is 25.7 Å². The Kier molecular flexibility index (Phi) is 2.44. The van der Waals surface area contributed by atoms with Crippen LogP contribution in [-0.2, 0) is 0 Å². The van der Waals surface area contributed by atoms with Gasteiger partial charge in [0.15, 0.2) is 0 Å². The van der Waals surface area contributed by atoms with Crippen LogP contribution in [0.4, 0.5) is 0 Å². The van der Waals surface area contributed by atoms with Gasteiger partial charge in [-0.05, 0) is 0 Å². The molecule has 0 aromatic carbocycles. The van der Waals surface area contributed by atoms with Crippen molar-refractivity contribution in [1.29, 1.82) is 0 Å². The van der Waals surface area contributed by atoms with E-state index in [1.165, 1.54) is 51.9 Å². The second-order valence-electron chi connectivity index (χ2n) is 4.01. The lowest BCUT2D eigenvalue weighted by Gasteiger charge is -2.26. The first-order chi connectivity index (χ1) is 5.47. The minimum atomic E-state index is 1.03. The lowest BCUT2D eigenvalue weighted by atomic mass is 10.1. The van der Waals surface area contributed by atoms with E-state index in [0.717, 1.165) is 6.04 Å². The summed E-state index contributed by atoms with van der Waals surface area (Å²) in [6.45, 7) is 5.69. The zero-order chi connectivity index (χ0) is 7.52. The maximum Gasteiger partial charge on any atom is 0.0983 e. The van der Waals surface area contributed by atoms with Crippen molar-refractivity contribution in [3.8, 4) is 0 Å². The molecule has 0 spiro atoms. The highest BCUT2D eigenvalue weighted by Gasteiger charge is 2.28. The SMILES string of the molecule is C1CC[NH+](C2CC[NH2+]CC2)C1. The van der Waals surface area contributed by atoms with Crippen molar-refractivity contribution in [2.24, 2.45) is 0 Å². The number of hydrogen-bond acceptors (Lipinski definition) is 0. The van der Waals surface area contributed by atoms with Crippen LogP contribution in [0.25, 0.3) is 0 Å². The summed E-state index contributed by atoms with van der Waals surface area (Å²) in [5.41, 5.74) is 0. The van der Waals surface area contributed by atoms with E-state index in [1.807, 2.05) is 4.90 Å². The molecule has 0 saturated carbocycles. The van der Waals surface area contributed by atoms with E-state index in [2.05, 4.69) is 5.32 Å². The van der Waals surface area contributed by atoms with Crippen LogP contribution in [0.15, 0.2) is 0 Å². The molecule has 0 aliphatic carbocycles. The van der Waals surface area contributed by atoms with E-state index in [4.69, 9.17) is 0 Å². The van der Waals surface area contributed by atoms with Crippen molar-refractivity contribution < 1.29 is 10.2 Å². The Hall–Kier alpha value is -0.0800. The molecule has 2 saturated heterocycles. The Balaban J connectivity index is 1.82. The van der Waals surface area contributed by atoms with Crippen LogP contribution >= 0.6 is 0 Å². The summed E-state index contributed by atoms with van der Waals surface area (Å²) in [5, 5.41) is 2.46. The standard InChI is InChI=1S/C9H18N2/c1-2-8-11(7-1)9-3-5-10-6-4-9/h9-10H,1-8H2/p+2. The normalized spacial score (nSPS) is 29.5. The lowest BCUT2D eigenvalue weighted by molar-refractivity contribution is -0.921. The number of likely N-dealkylation sites (tertiary alicyclic amines) is 1. The van der Waals surface area contributed by atoms with Crippen molar-refractivity contribution >= 4 is 0 Å². The Morgan fingerprint density at radius 3 is 2.27 bits per heavy atom. The molecule has 64 valence electrons. The summed E-state index contributed by atoms with van der Waals surface area (Å²) in [6, 6.07) is 1.03. The molecule has 0 bridgehead atoms. The van der Waals surface area contributed by atoms with Crippen molar-refractivity contribution in [3.63, 3.8) is 0 Å². The van der Waals surface area contributed by atoms with Gasteiger partial charge in [-0.1, -0.05) is 0 Å². The monoisotopic (exact) mass is 156 g/mol. The number of rotatable bonds is 1. The molecule has 2 nitrogen and oxygen atoms in total. The number of hydrogen-bond donors (Lipinski definition) is 2. The average Bonchev–Trinajstić information content (AvgIpc) is 2.58. The van der Waals surface area contributed by atoms with Gasteiger partial charge in [-0.25, -0.2) is 0 Å². The minimum Gasteiger partial charge on any atom is -0.346 e. The minimum absolute atomic E-state index is 1.03. The van der Waals surface area contributed by atoms with Crippen molar-refractivity contribution in [3.05, 3.63) is 0 Å². The first-order valence-corrected chi connectivity index (χ1v) is 5.13. The molecule has 2 aliphatic heterocycles. The van der Waals surface area contributed by atoms with Gasteiger partial charge in [0.25, 0.3) is 0 Å². The maximum absolute atomic E-state index is 2.46. The molecule has 2 fully saturated rings. The number of nitrogens with two attached hydrogens (primary N) is 1. The van der Waals surface area contributed by atoms with E-state index in [9.17, 15) is 0 Å². The second-order valence-corrected chi connectivity index (χ2v) is 4.01. The van der Waals surface area contributed by atoms with Crippen LogP contribution in [0.5, 0.6) is 0 Å². The molecule has 0 aromatic rings. The van der Waals surface area contributed by atoms with Gasteiger partial charge in [-0.2, -0.15) is 0 Å². The van der Waals surface area contributed by atoms with E-state index < -0.39 is 0 Å². The number of nitrogens with one attached hydrogen (secondary N) is 1. The Morgan fingerprint density at radius 2 is 1.64 bits per heavy atom. The predicted octanol–water partition coefficient (Wildman–Crippen LogP) is -1.61. The molecule has 0 atom stereocenters. The van der Waals surface area contributed by atoms with Gasteiger partial charge >= 0.3 is 0 Å². The molecule has 2 heteroatoms. The number of quaternary nitrogens is 2. The van der Waals surface area contributed by atoms with Crippen molar-refractivity contribution in [2.45, 2.75) is 31.7 Å². The van der Waals surface area contributed by atoms with Gasteiger partial charge in [0.1, 0.15) is 0 Å². The van der Waals surface area contributed by atoms with Crippen molar-refractivity contribution in [1.82, 2.24) is 0 Å². The van der Waals surface area contributed by atoms with E-state index in [1.54, 1.807) is 0 Å². The molecule has 2 rings (SSSR count). The fraction of sp³-hybridized carbons (Fsp3) is 1.00. The molecular weight excluding hydrogens is 136 g/mol. The van der Waals surface area contributed by atoms with E-state index in [0.29, 0.717) is 0 Å². The molecule has 11 heavy (non-hydrogen) atoms. The van der Waals surface area contributed by atoms with Crippen LogP contribution in [0, 0.1) is 0 Å². The van der Waals surface area contributed by atoms with Crippen LogP contribution in [0.2, 0.25) is 0 Å². The molecule has 2 aliphatic rings. The fourth-order valence-electron chi connectivity index (χ4n) is 2.57. The van der Waals surface area contributed by atoms with Crippen LogP contribution < -0.4 is 10.2 Å². The predicted molar refractivity (Wildman–Crippen MR) is 44.6 cm³/mol. The third-order valence-corrected chi connectivity index (χ3v) is 3.26. The van der Waals surface area contributed by atoms with Crippen LogP contribution in [0.3, 0.4) is 0 Å². The zero-order valence-corrected chi connectivity index (χ0v) is 7.31. The van der Waals surface area contributed by atoms with E-state index in [-0.39, 0.29) is 0 Å². The molecule has 0 amide bonds. The highest BCUT2D eigenvalue weighted by Crippen LogP contribution is 1.98. The van der Waals surface area contributed by atoms with Gasteiger partial charge in [0, 0.05) is 25.7 Å². The first-order valence-electron chi connectivity index (χ1n) is 5.13. The largest absolute Gasteiger partial charge is 0.346 e. The van der Waals surface area contributed by atoms with Crippen LogP contribution in [-0.4, -0.2) is 32.2 Å². The van der Waals surface area contributed by atoms with Crippen molar-refractivity contribution in [2.75, 3.05) is 26.2 Å². The zero-order valence-electron chi connectivity index (χ0n) is 7.31. The summed E-state index contributed by atoms with van der Waals surface area (Å²) in [5.74, 6) is 0. The highest BCUT2D eigenvalue weighted by molar-refractivity contribution is 4.60. The summed E-state index contributed by atoms with van der Waals surface area (Å²) in [4.78, 5) is 1.91. The third-order valence-electron chi connectivity index (χ3n) is 3.26. The van der Waals surface area contributed by atoms with Gasteiger partial charge in [-0.15, -0.1) is 0 Å². The van der Waals surface area contributed by atoms with Gasteiger partial charge in [0.05, 0.1) is 32.2 Å². The van der Waals surface area contributed by atoms with E-state index >= 15 is 0 Å². The molecule has 3 N–H and O–H groups in total. The Morgan fingerprint density at radius 1 is 1.00 bits per heavy atom. The quantitative estimate of drug-likeness (QED) is 0.456. The third kappa shape index (κ3) is 1.74. The number of piperidine rings is 1. The molecule has 2 heterocycles. The summed E-state index contributed by atoms with van der Waals surface area (Å²) < 4.78 is 0. The smallest absolute Gasteiger partial charge is 0.0983 e. The Bertz CT molecular complexity index is 113. The molecule has 0 radical (unpaired) electrons. The summed E-state index contributed by atoms with van der Waals surface area (Å²) in [6.07, 6.45) is 5.90. The highest BCUT2D eigenvalue weighted by atomic mass is 15.2. The lowest BCUT2D eigenvalue weighted by Crippen LogP contribution is -3.15. The fourth-order valence-corrected chi connectivity index (χ4v) is 2.57. The topological polar surface area (TPSA) is 21.1 Å². The molecule has 0 unspecified atom stereocenters.